The number of amides is 6. The molecule has 0 aliphatic heterocycles. The first-order chi connectivity index (χ1) is 27.1. The summed E-state index contributed by atoms with van der Waals surface area (Å²) in [6, 6.07) is 13.3. The van der Waals surface area contributed by atoms with Crippen LogP contribution in [0.15, 0.2) is 60.7 Å². The Labute approximate surface area is 341 Å². The van der Waals surface area contributed by atoms with Crippen LogP contribution in [0.1, 0.15) is 92.2 Å². The fourth-order valence-corrected chi connectivity index (χ4v) is 5.62. The van der Waals surface area contributed by atoms with E-state index in [-0.39, 0.29) is 38.1 Å². The lowest BCUT2D eigenvalue weighted by Gasteiger charge is -2.28. The Hall–Kier alpha value is -5.67. The number of carboxylic acids is 1. The van der Waals surface area contributed by atoms with E-state index < -0.39 is 83.7 Å². The van der Waals surface area contributed by atoms with Gasteiger partial charge >= 0.3 is 18.2 Å². The minimum Gasteiger partial charge on any atom is -0.480 e. The van der Waals surface area contributed by atoms with Gasteiger partial charge in [0.2, 0.25) is 23.6 Å². The van der Waals surface area contributed by atoms with E-state index in [4.69, 9.17) is 14.6 Å². The Morgan fingerprint density at radius 3 is 1.50 bits per heavy atom. The number of nitrogens with one attached hydrogen (secondary N) is 6. The molecule has 16 heteroatoms. The first kappa shape index (κ1) is 48.5. The zero-order chi connectivity index (χ0) is 43.5. The molecule has 0 radical (unpaired) electrons. The smallest absolute Gasteiger partial charge is 0.408 e. The molecule has 2 aromatic rings. The number of carbonyl (C=O) groups is 7. The molecule has 58 heavy (non-hydrogen) atoms. The molecule has 320 valence electrons. The van der Waals surface area contributed by atoms with Crippen molar-refractivity contribution >= 4 is 41.8 Å². The first-order valence-electron chi connectivity index (χ1n) is 19.6. The largest absolute Gasteiger partial charge is 0.480 e. The van der Waals surface area contributed by atoms with Crippen molar-refractivity contribution in [1.29, 1.82) is 0 Å². The molecule has 0 saturated heterocycles. The van der Waals surface area contributed by atoms with Crippen LogP contribution in [-0.4, -0.2) is 95.4 Å². The van der Waals surface area contributed by atoms with Crippen molar-refractivity contribution in [3.63, 3.8) is 0 Å². The predicted molar refractivity (Wildman–Crippen MR) is 217 cm³/mol. The monoisotopic (exact) mass is 810 g/mol. The van der Waals surface area contributed by atoms with Crippen LogP contribution in [0.3, 0.4) is 0 Å². The number of ether oxygens (including phenoxy) is 2. The van der Waals surface area contributed by atoms with Crippen LogP contribution in [0.2, 0.25) is 0 Å². The second-order valence-corrected chi connectivity index (χ2v) is 16.4. The van der Waals surface area contributed by atoms with E-state index in [9.17, 15) is 33.6 Å². The predicted octanol–water partition coefficient (Wildman–Crippen LogP) is 3.76. The summed E-state index contributed by atoms with van der Waals surface area (Å²) < 4.78 is 10.7. The average molecular weight is 811 g/mol. The number of rotatable bonds is 21. The average Bonchev–Trinajstić information content (AvgIpc) is 3.11. The Bertz CT molecular complexity index is 1660. The van der Waals surface area contributed by atoms with Crippen LogP contribution in [-0.2, 0) is 46.3 Å². The highest BCUT2D eigenvalue weighted by Crippen LogP contribution is 2.13. The number of hydrogen-bond acceptors (Lipinski definition) is 9. The summed E-state index contributed by atoms with van der Waals surface area (Å²) in [4.78, 5) is 91.2. The number of hydrogen-bond donors (Lipinski definition) is 7. The third kappa shape index (κ3) is 20.5. The molecule has 0 aliphatic carbocycles. The van der Waals surface area contributed by atoms with Crippen molar-refractivity contribution in [3.8, 4) is 0 Å². The van der Waals surface area contributed by atoms with Crippen LogP contribution in [0.25, 0.3) is 0 Å². The van der Waals surface area contributed by atoms with Crippen molar-refractivity contribution in [2.75, 3.05) is 13.1 Å². The fourth-order valence-electron chi connectivity index (χ4n) is 5.62. The summed E-state index contributed by atoms with van der Waals surface area (Å²) in [5.41, 5.74) is -0.0590. The molecule has 0 aromatic heterocycles. The van der Waals surface area contributed by atoms with Crippen molar-refractivity contribution in [2.24, 2.45) is 5.92 Å². The summed E-state index contributed by atoms with van der Waals surface area (Å²) in [7, 11) is 0. The molecule has 16 nitrogen and oxygen atoms in total. The van der Waals surface area contributed by atoms with Gasteiger partial charge in [-0.2, -0.15) is 0 Å². The van der Waals surface area contributed by atoms with Gasteiger partial charge < -0.3 is 46.5 Å². The molecule has 0 bridgehead atoms. The molecular weight excluding hydrogens is 748 g/mol. The zero-order valence-electron chi connectivity index (χ0n) is 34.9. The van der Waals surface area contributed by atoms with Gasteiger partial charge in [0.15, 0.2) is 0 Å². The molecule has 0 heterocycles. The normalized spacial score (nSPS) is 13.5. The summed E-state index contributed by atoms with van der Waals surface area (Å²) >= 11 is 0. The second kappa shape index (κ2) is 23.5. The van der Waals surface area contributed by atoms with Crippen LogP contribution in [0, 0.1) is 5.92 Å². The molecule has 4 atom stereocenters. The highest BCUT2D eigenvalue weighted by molar-refractivity contribution is 5.95. The van der Waals surface area contributed by atoms with Gasteiger partial charge in [-0.05, 0) is 84.3 Å². The number of carboxylic acid groups (broad SMARTS) is 1. The molecule has 0 spiro atoms. The zero-order valence-corrected chi connectivity index (χ0v) is 34.9. The maximum Gasteiger partial charge on any atom is 0.408 e. The standard InChI is InChI=1S/C42H62N6O10/c1-27(2)23-31(36(52)45-30(35(51)44-26-34(49)50)21-15-16-22-43-39(55)57-41(3,4)5)46-37(53)32(24-28-17-11-9-12-18-28)47-38(54)33(25-29-19-13-10-14-20-29)48-40(56)58-42(6,7)8/h9-14,17-20,27,30-33H,15-16,21-26H2,1-8H3,(H,43,55)(H,44,51)(H,45,52)(H,46,53)(H,47,54)(H,48,56)(H,49,50)/t30-,31-,32-,33-/m1/s1. The number of unbranched alkanes of at least 4 members (excludes halogenated alkanes) is 1. The van der Waals surface area contributed by atoms with Crippen molar-refractivity contribution in [1.82, 2.24) is 31.9 Å². The quantitative estimate of drug-likeness (QED) is 0.0903. The molecule has 6 amide bonds. The molecular formula is C42H62N6O10. The lowest BCUT2D eigenvalue weighted by Crippen LogP contribution is -2.59. The molecule has 0 unspecified atom stereocenters. The Kier molecular flexibility index (Phi) is 19.7. The molecule has 7 N–H and O–H groups in total. The van der Waals surface area contributed by atoms with Crippen molar-refractivity contribution < 1.29 is 48.1 Å². The highest BCUT2D eigenvalue weighted by atomic mass is 16.6. The Balaban J connectivity index is 2.32. The van der Waals surface area contributed by atoms with Crippen molar-refractivity contribution in [3.05, 3.63) is 71.8 Å². The third-order valence-electron chi connectivity index (χ3n) is 8.18. The van der Waals surface area contributed by atoms with E-state index in [0.717, 1.165) is 5.56 Å². The van der Waals surface area contributed by atoms with E-state index in [2.05, 4.69) is 31.9 Å². The van der Waals surface area contributed by atoms with Gasteiger partial charge in [-0.25, -0.2) is 9.59 Å². The minimum absolute atomic E-state index is 0.0382. The van der Waals surface area contributed by atoms with Crippen LogP contribution >= 0.6 is 0 Å². The Morgan fingerprint density at radius 1 is 0.569 bits per heavy atom. The summed E-state index contributed by atoms with van der Waals surface area (Å²) in [6.45, 7) is 13.5. The van der Waals surface area contributed by atoms with Crippen LogP contribution < -0.4 is 31.9 Å². The van der Waals surface area contributed by atoms with E-state index in [1.165, 1.54) is 0 Å². The highest BCUT2D eigenvalue weighted by Gasteiger charge is 2.33. The van der Waals surface area contributed by atoms with E-state index in [1.807, 2.05) is 19.9 Å². The molecule has 0 aliphatic rings. The van der Waals surface area contributed by atoms with Crippen LogP contribution in [0.4, 0.5) is 9.59 Å². The van der Waals surface area contributed by atoms with E-state index >= 15 is 0 Å². The minimum atomic E-state index is -1.27. The van der Waals surface area contributed by atoms with Crippen LogP contribution in [0.5, 0.6) is 0 Å². The fraction of sp³-hybridized carbons (Fsp3) is 0.548. The van der Waals surface area contributed by atoms with Gasteiger partial charge in [0.25, 0.3) is 0 Å². The van der Waals surface area contributed by atoms with Crippen molar-refractivity contribution in [2.45, 2.75) is 129 Å². The number of carbonyl (C=O) groups excluding carboxylic acids is 6. The second-order valence-electron chi connectivity index (χ2n) is 16.4. The molecule has 2 rings (SSSR count). The summed E-state index contributed by atoms with van der Waals surface area (Å²) in [6.07, 6.45) is -0.268. The lowest BCUT2D eigenvalue weighted by atomic mass is 9.99. The first-order valence-corrected chi connectivity index (χ1v) is 19.6. The maximum absolute atomic E-state index is 14.1. The molecule has 2 aromatic carbocycles. The third-order valence-corrected chi connectivity index (χ3v) is 8.18. The number of benzene rings is 2. The summed E-state index contributed by atoms with van der Waals surface area (Å²) in [5, 5.41) is 24.9. The number of alkyl carbamates (subject to hydrolysis) is 2. The van der Waals surface area contributed by atoms with Gasteiger partial charge in [-0.15, -0.1) is 0 Å². The SMILES string of the molecule is CC(C)C[C@@H](NC(=O)[C@@H](Cc1ccccc1)NC(=O)[C@@H](Cc1ccccc1)NC(=O)OC(C)(C)C)C(=O)N[C@H](CCCCNC(=O)OC(C)(C)C)C(=O)NCC(=O)O. The number of aliphatic carboxylic acids is 1. The Morgan fingerprint density at radius 2 is 1.02 bits per heavy atom. The lowest BCUT2D eigenvalue weighted by molar-refractivity contribution is -0.138. The van der Waals surface area contributed by atoms with Gasteiger partial charge in [-0.1, -0.05) is 74.5 Å². The molecule has 0 fully saturated rings. The summed E-state index contributed by atoms with van der Waals surface area (Å²) in [5.74, 6) is -4.15. The molecule has 0 saturated carbocycles. The van der Waals surface area contributed by atoms with Gasteiger partial charge in [0.05, 0.1) is 0 Å². The van der Waals surface area contributed by atoms with Gasteiger partial charge in [-0.3, -0.25) is 24.0 Å². The van der Waals surface area contributed by atoms with E-state index in [1.54, 1.807) is 96.1 Å². The van der Waals surface area contributed by atoms with Gasteiger partial charge in [0.1, 0.15) is 41.9 Å². The maximum atomic E-state index is 14.1. The topological polar surface area (TPSA) is 230 Å². The van der Waals surface area contributed by atoms with Gasteiger partial charge in [0, 0.05) is 19.4 Å². The van der Waals surface area contributed by atoms with E-state index in [0.29, 0.717) is 18.4 Å².